The average molecular weight is 654 g/mol. The number of hydrogen-bond acceptors (Lipinski definition) is 8. The maximum atomic E-state index is 13.1. The van der Waals surface area contributed by atoms with Crippen molar-refractivity contribution in [2.24, 2.45) is 0 Å². The molecule has 2 atom stereocenters. The van der Waals surface area contributed by atoms with Crippen LogP contribution < -0.4 is 14.8 Å². The summed E-state index contributed by atoms with van der Waals surface area (Å²) in [5.41, 5.74) is 3.44. The Morgan fingerprint density at radius 3 is 2.64 bits per heavy atom. The summed E-state index contributed by atoms with van der Waals surface area (Å²) in [6.45, 7) is 3.37. The van der Waals surface area contributed by atoms with Gasteiger partial charge < -0.3 is 19.1 Å². The Balaban J connectivity index is 0.969. The Morgan fingerprint density at radius 1 is 1.02 bits per heavy atom. The molecule has 0 radical (unpaired) electrons. The van der Waals surface area contributed by atoms with Crippen LogP contribution in [0.15, 0.2) is 48.8 Å². The Morgan fingerprint density at radius 2 is 1.85 bits per heavy atom. The second kappa shape index (κ2) is 12.6. The van der Waals surface area contributed by atoms with Crippen molar-refractivity contribution < 1.29 is 41.8 Å². The Hall–Kier alpha value is -4.43. The van der Waals surface area contributed by atoms with Crippen molar-refractivity contribution in [3.8, 4) is 17.2 Å². The van der Waals surface area contributed by atoms with Crippen LogP contribution in [0.3, 0.4) is 0 Å². The number of hydrogen-bond donors (Lipinski definition) is 1. The number of nitrogens with zero attached hydrogens (tertiary/aromatic N) is 4. The third-order valence-electron chi connectivity index (χ3n) is 9.21. The maximum Gasteiger partial charge on any atom is 0.573 e. The number of imide groups is 1. The number of amides is 3. The molecular formula is C33H34F3N5O6. The number of halogens is 3. The molecule has 0 spiro atoms. The quantitative estimate of drug-likeness (QED) is 0.362. The first-order valence-electron chi connectivity index (χ1n) is 15.8. The first kappa shape index (κ1) is 31.2. The van der Waals surface area contributed by atoms with Crippen LogP contribution in [0.5, 0.6) is 11.5 Å². The van der Waals surface area contributed by atoms with Gasteiger partial charge in [0, 0.05) is 63.1 Å². The van der Waals surface area contributed by atoms with Crippen molar-refractivity contribution in [2.75, 3.05) is 26.3 Å². The predicted molar refractivity (Wildman–Crippen MR) is 160 cm³/mol. The van der Waals surface area contributed by atoms with Crippen molar-refractivity contribution in [1.82, 2.24) is 24.9 Å². The normalized spacial score (nSPS) is 22.4. The Labute approximate surface area is 268 Å². The summed E-state index contributed by atoms with van der Waals surface area (Å²) in [4.78, 5) is 40.7. The number of carbonyl (C=O) groups is 3. The van der Waals surface area contributed by atoms with E-state index < -0.39 is 18.3 Å². The molecular weight excluding hydrogens is 619 g/mol. The van der Waals surface area contributed by atoms with E-state index in [1.54, 1.807) is 35.1 Å². The van der Waals surface area contributed by atoms with Gasteiger partial charge in [0.05, 0.1) is 11.9 Å². The van der Waals surface area contributed by atoms with Gasteiger partial charge in [-0.15, -0.1) is 13.2 Å². The minimum atomic E-state index is -4.78. The van der Waals surface area contributed by atoms with Crippen LogP contribution in [0.25, 0.3) is 5.69 Å². The standard InChI is InChI=1S/C33H34F3N5O6/c34-33(35,36)47-29-5-1-23(14-27(29)21-8-11-45-12-9-21)41-17-20(15-37-41)16-39-10-7-25(19-39)46-24-2-3-26-22(13-24)18-40(32(26)44)28-4-6-30(42)38-31(28)43/h1-3,5,13-15,17,21,25,28H,4,6-12,16,18-19H2,(H,38,42,43). The number of ether oxygens (including phenoxy) is 3. The number of aromatic nitrogens is 2. The summed E-state index contributed by atoms with van der Waals surface area (Å²) in [7, 11) is 0. The van der Waals surface area contributed by atoms with Crippen molar-refractivity contribution in [1.29, 1.82) is 0 Å². The van der Waals surface area contributed by atoms with E-state index in [1.807, 2.05) is 12.3 Å². The van der Waals surface area contributed by atoms with Crippen molar-refractivity contribution >= 4 is 17.7 Å². The van der Waals surface area contributed by atoms with Gasteiger partial charge in [-0.2, -0.15) is 5.10 Å². The van der Waals surface area contributed by atoms with Gasteiger partial charge in [0.15, 0.2) is 0 Å². The molecule has 3 fully saturated rings. The van der Waals surface area contributed by atoms with Crippen LogP contribution in [0.2, 0.25) is 0 Å². The molecule has 7 rings (SSSR count). The molecule has 2 unspecified atom stereocenters. The molecule has 0 aliphatic carbocycles. The highest BCUT2D eigenvalue weighted by Crippen LogP contribution is 2.38. The first-order valence-corrected chi connectivity index (χ1v) is 15.8. The highest BCUT2D eigenvalue weighted by atomic mass is 19.4. The molecule has 4 aliphatic rings. The lowest BCUT2D eigenvalue weighted by Gasteiger charge is -2.29. The number of piperidine rings is 1. The van der Waals surface area contributed by atoms with Crippen LogP contribution in [0, 0.1) is 0 Å². The highest BCUT2D eigenvalue weighted by Gasteiger charge is 2.39. The molecule has 3 amide bonds. The SMILES string of the molecule is O=C1CCC(N2Cc3cc(OC4CCN(Cc5cnn(-c6ccc(OC(F)(F)F)c(C7CCOCC7)c6)c5)C4)ccc3C2=O)C(=O)N1. The van der Waals surface area contributed by atoms with E-state index >= 15 is 0 Å². The number of carbonyl (C=O) groups excluding carboxylic acids is 3. The molecule has 5 heterocycles. The molecule has 14 heteroatoms. The summed E-state index contributed by atoms with van der Waals surface area (Å²) < 4.78 is 57.1. The second-order valence-corrected chi connectivity index (χ2v) is 12.4. The maximum absolute atomic E-state index is 13.1. The largest absolute Gasteiger partial charge is 0.573 e. The highest BCUT2D eigenvalue weighted by molar-refractivity contribution is 6.05. The van der Waals surface area contributed by atoms with Gasteiger partial charge in [-0.3, -0.25) is 24.6 Å². The zero-order chi connectivity index (χ0) is 32.7. The van der Waals surface area contributed by atoms with E-state index in [9.17, 15) is 27.6 Å². The fourth-order valence-corrected chi connectivity index (χ4v) is 6.92. The van der Waals surface area contributed by atoms with E-state index in [4.69, 9.17) is 9.47 Å². The van der Waals surface area contributed by atoms with E-state index in [0.29, 0.717) is 68.1 Å². The lowest BCUT2D eigenvalue weighted by molar-refractivity contribution is -0.275. The molecule has 3 aromatic rings. The van der Waals surface area contributed by atoms with Gasteiger partial charge >= 0.3 is 6.36 Å². The third-order valence-corrected chi connectivity index (χ3v) is 9.21. The van der Waals surface area contributed by atoms with Gasteiger partial charge in [-0.05, 0) is 79.1 Å². The van der Waals surface area contributed by atoms with E-state index in [-0.39, 0.29) is 42.6 Å². The lowest BCUT2D eigenvalue weighted by Crippen LogP contribution is -2.52. The molecule has 47 heavy (non-hydrogen) atoms. The van der Waals surface area contributed by atoms with E-state index in [1.165, 1.54) is 11.0 Å². The van der Waals surface area contributed by atoms with Crippen LogP contribution in [0.4, 0.5) is 13.2 Å². The summed E-state index contributed by atoms with van der Waals surface area (Å²) in [6.07, 6.45) is 1.35. The molecule has 11 nitrogen and oxygen atoms in total. The van der Waals surface area contributed by atoms with Gasteiger partial charge in [0.1, 0.15) is 23.6 Å². The molecule has 3 saturated heterocycles. The monoisotopic (exact) mass is 653 g/mol. The summed E-state index contributed by atoms with van der Waals surface area (Å²) in [5, 5.41) is 6.81. The zero-order valence-corrected chi connectivity index (χ0v) is 25.5. The number of benzene rings is 2. The number of nitrogens with one attached hydrogen (secondary N) is 1. The van der Waals surface area contributed by atoms with Crippen LogP contribution >= 0.6 is 0 Å². The molecule has 2 aromatic carbocycles. The Kier molecular flexibility index (Phi) is 8.39. The number of rotatable bonds is 8. The molecule has 4 aliphatic heterocycles. The van der Waals surface area contributed by atoms with E-state index in [2.05, 4.69) is 20.1 Å². The summed E-state index contributed by atoms with van der Waals surface area (Å²) >= 11 is 0. The van der Waals surface area contributed by atoms with Crippen molar-refractivity contribution in [3.63, 3.8) is 0 Å². The molecule has 1 aromatic heterocycles. The fraction of sp³-hybridized carbons (Fsp3) is 0.455. The van der Waals surface area contributed by atoms with Gasteiger partial charge in [0.2, 0.25) is 11.8 Å². The fourth-order valence-electron chi connectivity index (χ4n) is 6.92. The van der Waals surface area contributed by atoms with Crippen molar-refractivity contribution in [2.45, 2.75) is 69.6 Å². The van der Waals surface area contributed by atoms with Gasteiger partial charge in [-0.1, -0.05) is 0 Å². The summed E-state index contributed by atoms with van der Waals surface area (Å²) in [5.74, 6) is -0.626. The summed E-state index contributed by atoms with van der Waals surface area (Å²) in [6, 6.07) is 9.36. The van der Waals surface area contributed by atoms with Gasteiger partial charge in [0.25, 0.3) is 5.91 Å². The first-order chi connectivity index (χ1) is 22.6. The van der Waals surface area contributed by atoms with Crippen LogP contribution in [0.1, 0.15) is 65.1 Å². The minimum absolute atomic E-state index is 0.0605. The van der Waals surface area contributed by atoms with E-state index in [0.717, 1.165) is 24.1 Å². The van der Waals surface area contributed by atoms with Crippen LogP contribution in [-0.2, 0) is 27.4 Å². The third kappa shape index (κ3) is 6.84. The van der Waals surface area contributed by atoms with Crippen molar-refractivity contribution in [3.05, 3.63) is 71.0 Å². The zero-order valence-electron chi connectivity index (χ0n) is 25.5. The molecule has 0 bridgehead atoms. The smallest absolute Gasteiger partial charge is 0.489 e. The second-order valence-electron chi connectivity index (χ2n) is 12.4. The number of alkyl halides is 3. The topological polar surface area (TPSA) is 115 Å². The van der Waals surface area contributed by atoms with Crippen LogP contribution in [-0.4, -0.2) is 82.1 Å². The molecule has 1 N–H and O–H groups in total. The molecule has 0 saturated carbocycles. The molecule has 248 valence electrons. The van der Waals surface area contributed by atoms with Gasteiger partial charge in [-0.25, -0.2) is 4.68 Å². The number of fused-ring (bicyclic) bond motifs is 1. The predicted octanol–water partition coefficient (Wildman–Crippen LogP) is 4.08. The average Bonchev–Trinajstić information content (AvgIpc) is 3.77. The lowest BCUT2D eigenvalue weighted by atomic mass is 9.90. The minimum Gasteiger partial charge on any atom is -0.489 e. The Bertz CT molecular complexity index is 1690. The number of likely N-dealkylation sites (tertiary alicyclic amines) is 1.